The van der Waals surface area contributed by atoms with Gasteiger partial charge in [-0.1, -0.05) is 145 Å². The molecule has 0 spiro atoms. The summed E-state index contributed by atoms with van der Waals surface area (Å²) in [7, 11) is 0. The number of ether oxygens (including phenoxy) is 2. The smallest absolute Gasteiger partial charge is 0.305 e. The monoisotopic (exact) mass is 988 g/mol. The number of halogens is 1. The van der Waals surface area contributed by atoms with Crippen molar-refractivity contribution >= 4 is 50.2 Å². The molecule has 0 atom stereocenters. The zero-order chi connectivity index (χ0) is 48.7. The van der Waals surface area contributed by atoms with Crippen LogP contribution in [0.15, 0.2) is 120 Å². The number of hydrogen-bond acceptors (Lipinski definition) is 8. The Morgan fingerprint density at radius 1 is 0.464 bits per heavy atom. The third kappa shape index (κ3) is 13.6. The quantitative estimate of drug-likeness (QED) is 0.0548. The number of carbonyl (C=O) groups is 2. The number of fused-ring (bicyclic) bond motifs is 2. The fourth-order valence-corrected chi connectivity index (χ4v) is 8.83. The zero-order valence-corrected chi connectivity index (χ0v) is 42.6. The minimum atomic E-state index is -0.101. The van der Waals surface area contributed by atoms with Gasteiger partial charge in [0.1, 0.15) is 11.0 Å². The lowest BCUT2D eigenvalue weighted by atomic mass is 10.0. The van der Waals surface area contributed by atoms with Crippen molar-refractivity contribution in [3.05, 3.63) is 142 Å². The first-order chi connectivity index (χ1) is 33.5. The fourth-order valence-electron chi connectivity index (χ4n) is 8.32. The van der Waals surface area contributed by atoms with E-state index in [1.54, 1.807) is 0 Å². The Bertz CT molecular complexity index is 2940. The molecule has 0 aliphatic rings. The van der Waals surface area contributed by atoms with Gasteiger partial charge in [-0.2, -0.15) is 0 Å². The highest BCUT2D eigenvalue weighted by Gasteiger charge is 2.19. The van der Waals surface area contributed by atoms with Crippen LogP contribution in [-0.2, 0) is 32.2 Å². The number of benzene rings is 4. The second-order valence-corrected chi connectivity index (χ2v) is 18.7. The molecule has 0 fully saturated rings. The van der Waals surface area contributed by atoms with Gasteiger partial charge in [-0.15, -0.1) is 0 Å². The molecule has 0 unspecified atom stereocenters. The van der Waals surface area contributed by atoms with Gasteiger partial charge in [-0.3, -0.25) is 9.59 Å². The number of aryl methyl sites for hydroxylation is 6. The van der Waals surface area contributed by atoms with Crippen LogP contribution in [0, 0.1) is 27.7 Å². The van der Waals surface area contributed by atoms with E-state index in [1.165, 1.54) is 22.3 Å². The van der Waals surface area contributed by atoms with Crippen LogP contribution >= 0.6 is 15.9 Å². The topological polar surface area (TPSA) is 114 Å². The highest BCUT2D eigenvalue weighted by atomic mass is 79.9. The summed E-state index contributed by atoms with van der Waals surface area (Å²) in [5.74, 6) is -0.196. The van der Waals surface area contributed by atoms with E-state index in [4.69, 9.17) is 29.4 Å². The van der Waals surface area contributed by atoms with Gasteiger partial charge in [-0.05, 0) is 89.2 Å². The molecule has 0 radical (unpaired) electrons. The first-order valence-electron chi connectivity index (χ1n) is 24.5. The number of carbonyl (C=O) groups excluding carboxylic acids is 2. The van der Waals surface area contributed by atoms with Crippen molar-refractivity contribution < 1.29 is 19.1 Å². The van der Waals surface area contributed by atoms with Crippen molar-refractivity contribution in [2.45, 2.75) is 119 Å². The average Bonchev–Trinajstić information content (AvgIpc) is 3.90. The van der Waals surface area contributed by atoms with E-state index in [0.717, 1.165) is 136 Å². The van der Waals surface area contributed by atoms with Crippen molar-refractivity contribution in [2.24, 2.45) is 0 Å². The summed E-state index contributed by atoms with van der Waals surface area (Å²) in [5, 5.41) is 0. The summed E-state index contributed by atoms with van der Waals surface area (Å²) < 4.78 is 15.3. The van der Waals surface area contributed by atoms with Crippen LogP contribution in [0.2, 0.25) is 0 Å². The molecule has 0 amide bonds. The summed E-state index contributed by atoms with van der Waals surface area (Å²) in [5.41, 5.74) is 16.3. The molecule has 4 aromatic heterocycles. The Morgan fingerprint density at radius 2 is 0.841 bits per heavy atom. The van der Waals surface area contributed by atoms with Crippen LogP contribution in [0.1, 0.15) is 100 Å². The van der Waals surface area contributed by atoms with E-state index in [2.05, 4.69) is 168 Å². The summed E-state index contributed by atoms with van der Waals surface area (Å²) in [6.45, 7) is 14.7. The van der Waals surface area contributed by atoms with Crippen LogP contribution in [0.3, 0.4) is 0 Å². The molecule has 8 aromatic rings. The molecule has 10 nitrogen and oxygen atoms in total. The number of nitrogens with zero attached hydrogens (tertiary/aromatic N) is 6. The van der Waals surface area contributed by atoms with Crippen LogP contribution in [0.4, 0.5) is 0 Å². The Kier molecular flexibility index (Phi) is 18.1. The molecule has 0 N–H and O–H groups in total. The average molecular weight is 990 g/mol. The molecule has 69 heavy (non-hydrogen) atoms. The van der Waals surface area contributed by atoms with Gasteiger partial charge < -0.3 is 18.6 Å². The third-order valence-electron chi connectivity index (χ3n) is 12.2. The lowest BCUT2D eigenvalue weighted by molar-refractivity contribution is -0.144. The summed E-state index contributed by atoms with van der Waals surface area (Å²) in [6, 6.07) is 36.0. The standard InChI is InChI=1S/C29H32BrN3O2.C29H33N3O2/c1-4-35-25(34)9-7-5-6-8-18-33-19-24(30)28-29(33)32-27(23-16-12-21(3)13-17-23)26(31-28)22-14-10-20(2)11-15-22;1-4-34-26(33)9-7-5-6-8-19-32-20-18-25-29(32)31-28(24-16-12-22(3)13-17-24)27(30-25)23-14-10-21(2)11-15-23/h10-17,19H,4-9,18H2,1-3H3;10-18,20H,4-9,19H2,1-3H3. The molecule has 0 bridgehead atoms. The van der Waals surface area contributed by atoms with Crippen LogP contribution in [-0.4, -0.2) is 54.2 Å². The molecule has 0 saturated heterocycles. The number of rotatable bonds is 20. The van der Waals surface area contributed by atoms with Gasteiger partial charge in [0.25, 0.3) is 0 Å². The van der Waals surface area contributed by atoms with Gasteiger partial charge in [0, 0.05) is 60.6 Å². The van der Waals surface area contributed by atoms with E-state index in [-0.39, 0.29) is 11.9 Å². The Morgan fingerprint density at radius 3 is 1.28 bits per heavy atom. The molecule has 8 rings (SSSR count). The lowest BCUT2D eigenvalue weighted by Gasteiger charge is -2.12. The summed E-state index contributed by atoms with van der Waals surface area (Å²) in [6.07, 6.45) is 13.1. The van der Waals surface area contributed by atoms with E-state index in [9.17, 15) is 9.59 Å². The first kappa shape index (κ1) is 50.4. The fraction of sp³-hybridized carbons (Fsp3) is 0.345. The Balaban J connectivity index is 0.000000204. The maximum atomic E-state index is 11.5. The van der Waals surface area contributed by atoms with E-state index in [1.807, 2.05) is 13.8 Å². The number of aromatic nitrogens is 6. The molecular formula is C58H65BrN6O4. The minimum Gasteiger partial charge on any atom is -0.466 e. The van der Waals surface area contributed by atoms with E-state index < -0.39 is 0 Å². The molecule has 0 aliphatic heterocycles. The van der Waals surface area contributed by atoms with Crippen LogP contribution < -0.4 is 0 Å². The van der Waals surface area contributed by atoms with Gasteiger partial charge >= 0.3 is 11.9 Å². The van der Waals surface area contributed by atoms with Gasteiger partial charge in [0.05, 0.1) is 40.5 Å². The molecule has 4 aromatic carbocycles. The maximum absolute atomic E-state index is 11.5. The lowest BCUT2D eigenvalue weighted by Crippen LogP contribution is -2.03. The van der Waals surface area contributed by atoms with E-state index >= 15 is 0 Å². The highest BCUT2D eigenvalue weighted by molar-refractivity contribution is 9.10. The predicted molar refractivity (Wildman–Crippen MR) is 283 cm³/mol. The summed E-state index contributed by atoms with van der Waals surface area (Å²) >= 11 is 3.72. The second-order valence-electron chi connectivity index (χ2n) is 17.8. The Hall–Kier alpha value is -6.46. The van der Waals surface area contributed by atoms with Gasteiger partial charge in [0.15, 0.2) is 11.3 Å². The molecular weight excluding hydrogens is 925 g/mol. The van der Waals surface area contributed by atoms with Crippen molar-refractivity contribution in [1.29, 1.82) is 0 Å². The molecule has 358 valence electrons. The number of unbranched alkanes of at least 4 members (excludes halogenated alkanes) is 6. The normalized spacial score (nSPS) is 11.2. The van der Waals surface area contributed by atoms with Crippen molar-refractivity contribution in [1.82, 2.24) is 29.1 Å². The van der Waals surface area contributed by atoms with Crippen molar-refractivity contribution in [3.8, 4) is 45.0 Å². The number of hydrogen-bond donors (Lipinski definition) is 0. The second kappa shape index (κ2) is 24.7. The van der Waals surface area contributed by atoms with Gasteiger partial charge in [-0.25, -0.2) is 19.9 Å². The predicted octanol–water partition coefficient (Wildman–Crippen LogP) is 14.6. The molecule has 11 heteroatoms. The Labute approximate surface area is 415 Å². The maximum Gasteiger partial charge on any atom is 0.305 e. The van der Waals surface area contributed by atoms with Gasteiger partial charge in [0.2, 0.25) is 0 Å². The molecule has 0 aliphatic carbocycles. The largest absolute Gasteiger partial charge is 0.466 e. The van der Waals surface area contributed by atoms with Crippen molar-refractivity contribution in [3.63, 3.8) is 0 Å². The molecule has 4 heterocycles. The molecule has 0 saturated carbocycles. The minimum absolute atomic E-state index is 0.0952. The summed E-state index contributed by atoms with van der Waals surface area (Å²) in [4.78, 5) is 43.5. The van der Waals surface area contributed by atoms with E-state index in [0.29, 0.717) is 26.1 Å². The highest BCUT2D eigenvalue weighted by Crippen LogP contribution is 2.35. The SMILES string of the molecule is CCOC(=O)CCCCCCn1cc(Br)c2nc(-c3ccc(C)cc3)c(-c3ccc(C)cc3)nc21.CCOC(=O)CCCCCCn1ccc2nc(-c3ccc(C)cc3)c(-c3ccc(C)cc3)nc21. The first-order valence-corrected chi connectivity index (χ1v) is 25.3. The third-order valence-corrected chi connectivity index (χ3v) is 12.8. The van der Waals surface area contributed by atoms with Crippen LogP contribution in [0.25, 0.3) is 67.4 Å². The number of esters is 2. The zero-order valence-electron chi connectivity index (χ0n) is 41.1. The van der Waals surface area contributed by atoms with Crippen LogP contribution in [0.5, 0.6) is 0 Å². The van der Waals surface area contributed by atoms with Crippen molar-refractivity contribution in [2.75, 3.05) is 13.2 Å².